The van der Waals surface area contributed by atoms with Gasteiger partial charge in [-0.25, -0.2) is 0 Å². The summed E-state index contributed by atoms with van der Waals surface area (Å²) in [5.74, 6) is 1.60. The number of ketones is 1. The molecule has 0 atom stereocenters. The normalized spacial score (nSPS) is 11.0. The quantitative estimate of drug-likeness (QED) is 0.0390. The number of hydrogen-bond acceptors (Lipinski definition) is 4. The molecule has 0 bridgehead atoms. The summed E-state index contributed by atoms with van der Waals surface area (Å²) >= 11 is 0. The molecule has 222 valence electrons. The van der Waals surface area contributed by atoms with Crippen molar-refractivity contribution in [2.45, 2.75) is 45.4 Å². The van der Waals surface area contributed by atoms with Crippen molar-refractivity contribution < 1.29 is 19.0 Å². The van der Waals surface area contributed by atoms with Crippen LogP contribution in [0.4, 0.5) is 0 Å². The number of unbranched alkanes of at least 4 members (excludes halogenated alkanes) is 3. The van der Waals surface area contributed by atoms with Gasteiger partial charge >= 0.3 is 0 Å². The highest BCUT2D eigenvalue weighted by Crippen LogP contribution is 2.23. The van der Waals surface area contributed by atoms with Crippen molar-refractivity contribution in [2.75, 3.05) is 20.0 Å². The van der Waals surface area contributed by atoms with Crippen LogP contribution < -0.4 is 4.74 Å². The van der Waals surface area contributed by atoms with E-state index in [0.29, 0.717) is 17.9 Å². The van der Waals surface area contributed by atoms with Gasteiger partial charge in [-0.15, -0.1) is 0 Å². The third-order valence-corrected chi connectivity index (χ3v) is 7.15. The minimum Gasteiger partial charge on any atom is -0.494 e. The molecule has 4 aromatic rings. The molecule has 4 heteroatoms. The average Bonchev–Trinajstić information content (AvgIpc) is 3.05. The van der Waals surface area contributed by atoms with E-state index < -0.39 is 0 Å². The molecular formula is C39H42O4. The largest absolute Gasteiger partial charge is 0.494 e. The lowest BCUT2D eigenvalue weighted by Crippen LogP contribution is -2.01. The van der Waals surface area contributed by atoms with Crippen LogP contribution in [-0.2, 0) is 22.3 Å². The Morgan fingerprint density at radius 2 is 1.28 bits per heavy atom. The average molecular weight is 575 g/mol. The van der Waals surface area contributed by atoms with Gasteiger partial charge in [-0.2, -0.15) is 0 Å². The first kappa shape index (κ1) is 31.5. The SMILES string of the molecule is C=C(C)OCOCCCCCCOc1ccc(-c2ccc(CCc3ccc(/C=C/C(=O)c4ccccc4)cc3)cc2)cc1. The van der Waals surface area contributed by atoms with Crippen molar-refractivity contribution in [3.8, 4) is 16.9 Å². The number of ether oxygens (including phenoxy) is 3. The molecule has 0 saturated heterocycles. The molecule has 0 amide bonds. The van der Waals surface area contributed by atoms with Crippen LogP contribution in [0.2, 0.25) is 0 Å². The maximum absolute atomic E-state index is 12.3. The molecular weight excluding hydrogens is 532 g/mol. The van der Waals surface area contributed by atoms with Crippen LogP contribution >= 0.6 is 0 Å². The Kier molecular flexibility index (Phi) is 12.8. The van der Waals surface area contributed by atoms with E-state index in [1.807, 2.05) is 43.3 Å². The molecule has 0 fully saturated rings. The lowest BCUT2D eigenvalue weighted by molar-refractivity contribution is -0.0234. The van der Waals surface area contributed by atoms with E-state index in [-0.39, 0.29) is 12.6 Å². The summed E-state index contributed by atoms with van der Waals surface area (Å²) in [6.45, 7) is 7.22. The first-order valence-electron chi connectivity index (χ1n) is 15.1. The zero-order valence-electron chi connectivity index (χ0n) is 25.2. The van der Waals surface area contributed by atoms with Crippen LogP contribution in [0.5, 0.6) is 5.75 Å². The van der Waals surface area contributed by atoms with Gasteiger partial charge in [-0.05, 0) is 85.1 Å². The molecule has 0 N–H and O–H groups in total. The second kappa shape index (κ2) is 17.5. The van der Waals surface area contributed by atoms with Gasteiger partial charge in [0.25, 0.3) is 0 Å². The lowest BCUT2D eigenvalue weighted by atomic mass is 9.99. The fourth-order valence-electron chi connectivity index (χ4n) is 4.61. The Bertz CT molecular complexity index is 1420. The molecule has 4 nitrogen and oxygen atoms in total. The van der Waals surface area contributed by atoms with Gasteiger partial charge < -0.3 is 14.2 Å². The van der Waals surface area contributed by atoms with E-state index in [0.717, 1.165) is 56.4 Å². The summed E-state index contributed by atoms with van der Waals surface area (Å²) in [4.78, 5) is 12.3. The van der Waals surface area contributed by atoms with Crippen LogP contribution in [0.25, 0.3) is 17.2 Å². The molecule has 0 aromatic heterocycles. The van der Waals surface area contributed by atoms with Gasteiger partial charge in [0.15, 0.2) is 12.6 Å². The molecule has 0 heterocycles. The van der Waals surface area contributed by atoms with Crippen LogP contribution in [-0.4, -0.2) is 25.8 Å². The maximum Gasteiger partial charge on any atom is 0.188 e. The van der Waals surface area contributed by atoms with Gasteiger partial charge in [-0.1, -0.05) is 110 Å². The second-order valence-corrected chi connectivity index (χ2v) is 10.7. The number of carbonyl (C=O) groups excluding carboxylic acids is 1. The Balaban J connectivity index is 1.14. The summed E-state index contributed by atoms with van der Waals surface area (Å²) in [6, 6.07) is 34.9. The first-order valence-corrected chi connectivity index (χ1v) is 15.1. The summed E-state index contributed by atoms with van der Waals surface area (Å²) in [7, 11) is 0. The molecule has 0 aliphatic carbocycles. The van der Waals surface area contributed by atoms with Crippen molar-refractivity contribution in [1.29, 1.82) is 0 Å². The van der Waals surface area contributed by atoms with Crippen molar-refractivity contribution in [3.63, 3.8) is 0 Å². The predicted molar refractivity (Wildman–Crippen MR) is 176 cm³/mol. The third-order valence-electron chi connectivity index (χ3n) is 7.15. The van der Waals surface area contributed by atoms with Crippen LogP contribution in [0, 0.1) is 0 Å². The van der Waals surface area contributed by atoms with E-state index in [4.69, 9.17) is 14.2 Å². The highest BCUT2D eigenvalue weighted by atomic mass is 16.7. The Morgan fingerprint density at radius 1 is 0.698 bits per heavy atom. The topological polar surface area (TPSA) is 44.8 Å². The van der Waals surface area contributed by atoms with Crippen molar-refractivity contribution in [2.24, 2.45) is 0 Å². The smallest absolute Gasteiger partial charge is 0.188 e. The predicted octanol–water partition coefficient (Wildman–Crippen LogP) is 9.50. The third kappa shape index (κ3) is 11.4. The number of allylic oxidation sites excluding steroid dienone is 2. The van der Waals surface area contributed by atoms with Crippen LogP contribution in [0.1, 0.15) is 59.7 Å². The molecule has 4 rings (SSSR count). The number of rotatable bonds is 18. The monoisotopic (exact) mass is 574 g/mol. The standard InChI is InChI=1S/C39H42O4/c1-31(2)43-30-41-28-8-3-4-9-29-42-38-25-23-36(24-26-38)35-21-18-34(19-22-35)17-14-32-12-15-33(16-13-32)20-27-39(40)37-10-6-5-7-11-37/h5-7,10-13,15-16,18-27H,1,3-4,8-9,14,17,28-30H2,2H3/b27-20+. The maximum atomic E-state index is 12.3. The van der Waals surface area contributed by atoms with Gasteiger partial charge in [0.1, 0.15) is 5.75 Å². The fraction of sp³-hybridized carbons (Fsp3) is 0.256. The van der Waals surface area contributed by atoms with Crippen LogP contribution in [0.15, 0.2) is 122 Å². The van der Waals surface area contributed by atoms with Gasteiger partial charge in [0.2, 0.25) is 0 Å². The van der Waals surface area contributed by atoms with E-state index >= 15 is 0 Å². The molecule has 4 aromatic carbocycles. The molecule has 0 radical (unpaired) electrons. The zero-order valence-corrected chi connectivity index (χ0v) is 25.2. The Labute approximate surface area is 256 Å². The van der Waals surface area contributed by atoms with Crippen molar-refractivity contribution in [1.82, 2.24) is 0 Å². The molecule has 43 heavy (non-hydrogen) atoms. The summed E-state index contributed by atoms with van der Waals surface area (Å²) in [5.41, 5.74) is 6.71. The number of carbonyl (C=O) groups is 1. The molecule has 0 aliphatic heterocycles. The van der Waals surface area contributed by atoms with Crippen molar-refractivity contribution >= 4 is 11.9 Å². The molecule has 0 aliphatic rings. The number of benzene rings is 4. The first-order chi connectivity index (χ1) is 21.1. The molecule has 0 unspecified atom stereocenters. The fourth-order valence-corrected chi connectivity index (χ4v) is 4.61. The van der Waals surface area contributed by atoms with E-state index in [1.165, 1.54) is 22.3 Å². The second-order valence-electron chi connectivity index (χ2n) is 10.7. The summed E-state index contributed by atoms with van der Waals surface area (Å²) in [6.07, 6.45) is 9.75. The highest BCUT2D eigenvalue weighted by molar-refractivity contribution is 6.06. The zero-order chi connectivity index (χ0) is 30.1. The lowest BCUT2D eigenvalue weighted by Gasteiger charge is -2.09. The number of hydrogen-bond donors (Lipinski definition) is 0. The van der Waals surface area contributed by atoms with Crippen LogP contribution in [0.3, 0.4) is 0 Å². The molecule has 0 spiro atoms. The minimum atomic E-state index is 0.0170. The summed E-state index contributed by atoms with van der Waals surface area (Å²) in [5, 5.41) is 0. The molecule has 0 saturated carbocycles. The van der Waals surface area contributed by atoms with Gasteiger partial charge in [0, 0.05) is 5.56 Å². The highest BCUT2D eigenvalue weighted by Gasteiger charge is 2.03. The summed E-state index contributed by atoms with van der Waals surface area (Å²) < 4.78 is 16.5. The Morgan fingerprint density at radius 3 is 1.91 bits per heavy atom. The van der Waals surface area contributed by atoms with Gasteiger partial charge in [0.05, 0.1) is 19.0 Å². The minimum absolute atomic E-state index is 0.0170. The van der Waals surface area contributed by atoms with E-state index in [9.17, 15) is 4.79 Å². The van der Waals surface area contributed by atoms with E-state index in [1.54, 1.807) is 6.08 Å². The number of aryl methyl sites for hydroxylation is 2. The van der Waals surface area contributed by atoms with Crippen molar-refractivity contribution in [3.05, 3.63) is 144 Å². The van der Waals surface area contributed by atoms with E-state index in [2.05, 4.69) is 79.4 Å². The Hall–Kier alpha value is -4.41. The van der Waals surface area contributed by atoms with Gasteiger partial charge in [-0.3, -0.25) is 4.79 Å².